The molecule has 1 aromatic carbocycles. The molecular formula is C35H43F4N5O. The molecule has 1 N–H and O–H groups in total. The molecule has 5 aliphatic rings. The first-order valence-electron chi connectivity index (χ1n) is 16.1. The van der Waals surface area contributed by atoms with Gasteiger partial charge in [0.1, 0.15) is 40.6 Å². The molecule has 2 atom stereocenters. The number of alkyl halides is 1. The molecule has 5 heterocycles. The lowest BCUT2D eigenvalue weighted by Crippen LogP contribution is -2.47. The monoisotopic (exact) mass is 625 g/mol. The fraction of sp³-hybridized carbons (Fsp3) is 0.571. The van der Waals surface area contributed by atoms with E-state index in [4.69, 9.17) is 4.98 Å². The number of aryl methyl sites for hydroxylation is 2. The first kappa shape index (κ1) is 31.7. The molecule has 10 heteroatoms. The maximum Gasteiger partial charge on any atom is 0.175 e. The number of piperidine rings is 1. The van der Waals surface area contributed by atoms with Gasteiger partial charge >= 0.3 is 0 Å². The summed E-state index contributed by atoms with van der Waals surface area (Å²) in [6.45, 7) is 5.51. The summed E-state index contributed by atoms with van der Waals surface area (Å²) in [5.41, 5.74) is 0.680. The van der Waals surface area contributed by atoms with E-state index >= 15 is 4.39 Å². The van der Waals surface area contributed by atoms with Crippen LogP contribution in [0, 0.1) is 11.2 Å². The van der Waals surface area contributed by atoms with Crippen molar-refractivity contribution in [2.45, 2.75) is 97.2 Å². The van der Waals surface area contributed by atoms with Gasteiger partial charge in [-0.15, -0.1) is 0 Å². The molecule has 1 spiro atoms. The number of hydrogen-bond acceptors (Lipinski definition) is 6. The van der Waals surface area contributed by atoms with Crippen molar-refractivity contribution in [3.8, 4) is 17.0 Å². The zero-order chi connectivity index (χ0) is 30.6. The molecule has 6 nitrogen and oxygen atoms in total. The van der Waals surface area contributed by atoms with Gasteiger partial charge in [0.25, 0.3) is 0 Å². The summed E-state index contributed by atoms with van der Waals surface area (Å²) >= 11 is 0. The minimum absolute atomic E-state index is 0. The van der Waals surface area contributed by atoms with Crippen LogP contribution in [0.4, 0.5) is 23.4 Å². The highest BCUT2D eigenvalue weighted by Crippen LogP contribution is 2.49. The Hall–Kier alpha value is -3.27. The second-order valence-electron chi connectivity index (χ2n) is 13.2. The third kappa shape index (κ3) is 5.79. The number of anilines is 1. The van der Waals surface area contributed by atoms with Crippen molar-refractivity contribution in [3.05, 3.63) is 46.9 Å². The molecule has 2 unspecified atom stereocenters. The van der Waals surface area contributed by atoms with E-state index in [1.165, 1.54) is 56.9 Å². The fourth-order valence-corrected chi connectivity index (χ4v) is 7.99. The summed E-state index contributed by atoms with van der Waals surface area (Å²) in [5, 5.41) is 10.8. The Balaban J connectivity index is 0.000000306. The van der Waals surface area contributed by atoms with Crippen LogP contribution in [-0.4, -0.2) is 63.4 Å². The molecule has 0 amide bonds. The number of allylic oxidation sites excluding steroid dienone is 1. The molecule has 0 bridgehead atoms. The van der Waals surface area contributed by atoms with Crippen molar-refractivity contribution in [1.82, 2.24) is 19.9 Å². The minimum atomic E-state index is -1.03. The number of hydrogen-bond donors (Lipinski definition) is 1. The van der Waals surface area contributed by atoms with E-state index in [0.717, 1.165) is 32.5 Å². The molecule has 3 aliphatic heterocycles. The second-order valence-corrected chi connectivity index (χ2v) is 13.2. The average Bonchev–Trinajstić information content (AvgIpc) is 3.59. The number of rotatable bonds is 3. The van der Waals surface area contributed by atoms with E-state index in [-0.39, 0.29) is 48.4 Å². The van der Waals surface area contributed by atoms with Gasteiger partial charge in [0.05, 0.1) is 5.39 Å². The molecule has 4 fully saturated rings. The topological polar surface area (TPSA) is 65.4 Å². The van der Waals surface area contributed by atoms with Gasteiger partial charge in [-0.1, -0.05) is 20.8 Å². The number of halogens is 4. The Labute approximate surface area is 262 Å². The third-order valence-electron chi connectivity index (χ3n) is 10.4. The van der Waals surface area contributed by atoms with Gasteiger partial charge < -0.3 is 10.0 Å². The van der Waals surface area contributed by atoms with E-state index in [1.807, 2.05) is 6.92 Å². The summed E-state index contributed by atoms with van der Waals surface area (Å²) in [7, 11) is 0. The third-order valence-corrected chi connectivity index (χ3v) is 10.4. The average molecular weight is 626 g/mol. The highest BCUT2D eigenvalue weighted by Gasteiger charge is 2.41. The number of nitrogens with zero attached hydrogens (tertiary/aromatic N) is 5. The SMILES string of the molecule is C.CCc1nc(N2CCCC3(CCC3)C2)c2cnc(-c3cc(O)cc4c3C(F)=C(F)CC4)c(F)c2n1.FC1CC2CCCN2C1. The van der Waals surface area contributed by atoms with Crippen molar-refractivity contribution in [1.29, 1.82) is 0 Å². The van der Waals surface area contributed by atoms with Crippen LogP contribution in [0.5, 0.6) is 5.75 Å². The number of aromatic hydroxyl groups is 1. The number of phenols is 1. The first-order valence-corrected chi connectivity index (χ1v) is 16.1. The van der Waals surface area contributed by atoms with Crippen molar-refractivity contribution in [3.63, 3.8) is 0 Å². The van der Waals surface area contributed by atoms with E-state index in [9.17, 15) is 18.3 Å². The van der Waals surface area contributed by atoms with Gasteiger partial charge in [-0.3, -0.25) is 9.88 Å². The van der Waals surface area contributed by atoms with Crippen LogP contribution in [0.3, 0.4) is 0 Å². The smallest absolute Gasteiger partial charge is 0.175 e. The Morgan fingerprint density at radius 3 is 2.56 bits per heavy atom. The van der Waals surface area contributed by atoms with E-state index in [1.54, 1.807) is 0 Å². The van der Waals surface area contributed by atoms with E-state index in [2.05, 4.69) is 19.8 Å². The van der Waals surface area contributed by atoms with Gasteiger partial charge in [-0.2, -0.15) is 0 Å². The van der Waals surface area contributed by atoms with Crippen LogP contribution in [0.25, 0.3) is 28.0 Å². The van der Waals surface area contributed by atoms with Crippen molar-refractivity contribution >= 4 is 22.5 Å². The first-order chi connectivity index (χ1) is 21.2. The Morgan fingerprint density at radius 2 is 1.82 bits per heavy atom. The molecule has 2 aromatic heterocycles. The summed E-state index contributed by atoms with van der Waals surface area (Å²) < 4.78 is 57.7. The zero-order valence-corrected chi connectivity index (χ0v) is 25.2. The lowest BCUT2D eigenvalue weighted by atomic mass is 9.64. The van der Waals surface area contributed by atoms with Gasteiger partial charge in [0, 0.05) is 55.8 Å². The van der Waals surface area contributed by atoms with Crippen molar-refractivity contribution < 1.29 is 22.7 Å². The van der Waals surface area contributed by atoms with E-state index < -0.39 is 23.6 Å². The normalized spacial score (nSPS) is 23.7. The molecule has 3 saturated heterocycles. The second kappa shape index (κ2) is 12.5. The van der Waals surface area contributed by atoms with E-state index in [0.29, 0.717) is 47.0 Å². The quantitative estimate of drug-likeness (QED) is 0.296. The summed E-state index contributed by atoms with van der Waals surface area (Å²) in [5.74, 6) is -1.56. The van der Waals surface area contributed by atoms with Crippen LogP contribution < -0.4 is 4.90 Å². The molecule has 3 aromatic rings. The van der Waals surface area contributed by atoms with Crippen molar-refractivity contribution in [2.75, 3.05) is 31.1 Å². The molecule has 242 valence electrons. The summed E-state index contributed by atoms with van der Waals surface area (Å²) in [6, 6.07) is 3.24. The zero-order valence-electron chi connectivity index (χ0n) is 25.2. The predicted molar refractivity (Wildman–Crippen MR) is 170 cm³/mol. The number of benzene rings is 1. The molecule has 1 saturated carbocycles. The highest BCUT2D eigenvalue weighted by atomic mass is 19.2. The minimum Gasteiger partial charge on any atom is -0.508 e. The summed E-state index contributed by atoms with van der Waals surface area (Å²) in [4.78, 5) is 18.1. The molecular weight excluding hydrogens is 582 g/mol. The largest absolute Gasteiger partial charge is 0.508 e. The van der Waals surface area contributed by atoms with Crippen LogP contribution >= 0.6 is 0 Å². The fourth-order valence-electron chi connectivity index (χ4n) is 7.99. The number of aromatic nitrogens is 3. The van der Waals surface area contributed by atoms with Gasteiger partial charge in [0.15, 0.2) is 11.6 Å². The van der Waals surface area contributed by atoms with Crippen LogP contribution in [-0.2, 0) is 12.8 Å². The number of pyridine rings is 1. The lowest BCUT2D eigenvalue weighted by molar-refractivity contribution is 0.107. The maximum absolute atomic E-state index is 16.1. The Morgan fingerprint density at radius 1 is 1.02 bits per heavy atom. The predicted octanol–water partition coefficient (Wildman–Crippen LogP) is 8.25. The standard InChI is InChI=1S/C27H27F3N4O.C7H12FN.CH4/c1-2-20-32-25-18(26(33-20)34-10-4-9-27(14-34)7-3-8-27)13-31-24(23(25)30)17-12-16(35)11-15-5-6-19(28)22(29)21(15)17;8-6-4-7-2-1-3-9(7)5-6;/h11-13,35H,2-10,14H2,1H3;6-7H,1-5H2;1H4. The summed E-state index contributed by atoms with van der Waals surface area (Å²) in [6.07, 6.45) is 10.9. The van der Waals surface area contributed by atoms with Gasteiger partial charge in [-0.05, 0) is 81.0 Å². The van der Waals surface area contributed by atoms with Gasteiger partial charge in [-0.25, -0.2) is 27.5 Å². The molecule has 2 aliphatic carbocycles. The molecule has 8 rings (SSSR count). The van der Waals surface area contributed by atoms with Crippen LogP contribution in [0.2, 0.25) is 0 Å². The van der Waals surface area contributed by atoms with Crippen LogP contribution in [0.1, 0.15) is 89.1 Å². The molecule has 0 radical (unpaired) electrons. The highest BCUT2D eigenvalue weighted by molar-refractivity contribution is 5.93. The van der Waals surface area contributed by atoms with Crippen molar-refractivity contribution in [2.24, 2.45) is 5.41 Å². The maximum atomic E-state index is 16.1. The van der Waals surface area contributed by atoms with Crippen LogP contribution in [0.15, 0.2) is 24.2 Å². The number of phenolic OH excluding ortho intramolecular Hbond substituents is 1. The lowest BCUT2D eigenvalue weighted by Gasteiger charge is -2.49. The van der Waals surface area contributed by atoms with Gasteiger partial charge in [0.2, 0.25) is 0 Å². The Bertz CT molecular complexity index is 1610. The number of fused-ring (bicyclic) bond motifs is 3. The Kier molecular flexibility index (Phi) is 8.80. The molecule has 45 heavy (non-hydrogen) atoms.